The van der Waals surface area contributed by atoms with Crippen LogP contribution in [-0.2, 0) is 14.8 Å². The van der Waals surface area contributed by atoms with E-state index in [1.165, 1.54) is 36.7 Å². The molecule has 14 heteroatoms. The van der Waals surface area contributed by atoms with Gasteiger partial charge in [-0.25, -0.2) is 39.7 Å². The number of fused-ring (bicyclic) bond motifs is 1. The van der Waals surface area contributed by atoms with Gasteiger partial charge in [0.15, 0.2) is 5.69 Å². The van der Waals surface area contributed by atoms with E-state index in [-0.39, 0.29) is 54.6 Å². The standard InChI is InChI=1S/C34H19ClF4N4O4S/c1-47-34(44)24-15-26(35)23(16-27(24)37)19-3-2-4-20(13-19)32-30(31-28(17-40)41-11-12-42-31)25-14-21(36)7-10-29(25)43(32)48(45,46)22-8-5-18(6-9-22)33(38)39/h2-16,33H,1H3. The maximum Gasteiger partial charge on any atom is 0.340 e. The second-order valence-electron chi connectivity index (χ2n) is 10.3. The van der Waals surface area contributed by atoms with E-state index in [1.54, 1.807) is 6.07 Å². The van der Waals surface area contributed by atoms with Gasteiger partial charge in [-0.2, -0.15) is 5.26 Å². The van der Waals surface area contributed by atoms with Crippen molar-refractivity contribution >= 4 is 38.5 Å². The summed E-state index contributed by atoms with van der Waals surface area (Å²) in [4.78, 5) is 20.0. The number of halogens is 5. The summed E-state index contributed by atoms with van der Waals surface area (Å²) in [6.07, 6.45) is -0.304. The van der Waals surface area contributed by atoms with Crippen molar-refractivity contribution in [1.29, 1.82) is 5.26 Å². The second-order valence-corrected chi connectivity index (χ2v) is 12.5. The third kappa shape index (κ3) is 5.55. The highest BCUT2D eigenvalue weighted by atomic mass is 35.5. The normalized spacial score (nSPS) is 11.5. The molecule has 48 heavy (non-hydrogen) atoms. The average Bonchev–Trinajstić information content (AvgIpc) is 3.43. The predicted octanol–water partition coefficient (Wildman–Crippen LogP) is 8.20. The number of carbonyl (C=O) groups is 1. The van der Waals surface area contributed by atoms with Crippen LogP contribution in [0, 0.1) is 23.0 Å². The van der Waals surface area contributed by atoms with Crippen molar-refractivity contribution in [3.8, 4) is 39.7 Å². The summed E-state index contributed by atoms with van der Waals surface area (Å²) in [5.74, 6) is -2.60. The lowest BCUT2D eigenvalue weighted by Gasteiger charge is -2.15. The molecule has 0 amide bonds. The monoisotopic (exact) mass is 690 g/mol. The fraction of sp³-hybridized carbons (Fsp3) is 0.0588. The fourth-order valence-corrected chi connectivity index (χ4v) is 7.17. The Hall–Kier alpha value is -5.58. The van der Waals surface area contributed by atoms with Gasteiger partial charge in [0, 0.05) is 45.1 Å². The van der Waals surface area contributed by atoms with Gasteiger partial charge in [-0.3, -0.25) is 4.98 Å². The summed E-state index contributed by atoms with van der Waals surface area (Å²) in [5.41, 5.74) is -0.537. The number of ether oxygens (including phenoxy) is 1. The molecule has 0 saturated carbocycles. The van der Waals surface area contributed by atoms with Crippen molar-refractivity contribution in [2.45, 2.75) is 11.3 Å². The Kier molecular flexibility index (Phi) is 8.46. The van der Waals surface area contributed by atoms with Crippen LogP contribution >= 0.6 is 11.6 Å². The van der Waals surface area contributed by atoms with Gasteiger partial charge in [0.1, 0.15) is 23.4 Å². The van der Waals surface area contributed by atoms with Crippen molar-refractivity contribution in [3.05, 3.63) is 125 Å². The van der Waals surface area contributed by atoms with Crippen LogP contribution in [0.25, 0.3) is 44.5 Å². The van der Waals surface area contributed by atoms with Gasteiger partial charge in [0.25, 0.3) is 16.4 Å². The zero-order valence-corrected chi connectivity index (χ0v) is 26.0. The van der Waals surface area contributed by atoms with Gasteiger partial charge in [-0.1, -0.05) is 41.9 Å². The molecule has 0 aliphatic heterocycles. The highest BCUT2D eigenvalue weighted by Gasteiger charge is 2.31. The van der Waals surface area contributed by atoms with Crippen LogP contribution in [0.5, 0.6) is 0 Å². The van der Waals surface area contributed by atoms with E-state index in [2.05, 4.69) is 14.7 Å². The Morgan fingerprint density at radius 2 is 1.67 bits per heavy atom. The first-order valence-electron chi connectivity index (χ1n) is 13.8. The number of nitriles is 1. The minimum Gasteiger partial charge on any atom is -0.465 e. The second kappa shape index (κ2) is 12.6. The number of benzene rings is 4. The third-order valence-electron chi connectivity index (χ3n) is 7.51. The molecule has 0 saturated heterocycles. The van der Waals surface area contributed by atoms with Gasteiger partial charge < -0.3 is 4.74 Å². The third-order valence-corrected chi connectivity index (χ3v) is 9.55. The molecule has 6 aromatic rings. The highest BCUT2D eigenvalue weighted by Crippen LogP contribution is 2.44. The molecule has 240 valence electrons. The average molecular weight is 691 g/mol. The Morgan fingerprint density at radius 3 is 2.35 bits per heavy atom. The lowest BCUT2D eigenvalue weighted by Crippen LogP contribution is -2.14. The topological polar surface area (TPSA) is 115 Å². The SMILES string of the molecule is COC(=O)c1cc(Cl)c(-c2cccc(-c3c(-c4nccnc4C#N)c4cc(F)ccc4n3S(=O)(=O)c3ccc(C(F)F)cc3)c2)cc1F. The first-order chi connectivity index (χ1) is 23.0. The van der Waals surface area contributed by atoms with E-state index in [1.807, 2.05) is 6.07 Å². The number of hydrogen-bond acceptors (Lipinski definition) is 7. The minimum atomic E-state index is -4.64. The molecule has 0 aliphatic carbocycles. The van der Waals surface area contributed by atoms with Crippen LogP contribution in [0.15, 0.2) is 96.2 Å². The first kappa shape index (κ1) is 32.4. The van der Waals surface area contributed by atoms with Crippen molar-refractivity contribution < 1.29 is 35.5 Å². The zero-order chi connectivity index (χ0) is 34.3. The lowest BCUT2D eigenvalue weighted by molar-refractivity contribution is 0.0595. The number of rotatable bonds is 7. The Balaban J connectivity index is 1.71. The maximum atomic E-state index is 15.0. The lowest BCUT2D eigenvalue weighted by atomic mass is 9.97. The number of nitrogens with zero attached hydrogens (tertiary/aromatic N) is 4. The van der Waals surface area contributed by atoms with Crippen molar-refractivity contribution in [2.75, 3.05) is 7.11 Å². The van der Waals surface area contributed by atoms with Crippen LogP contribution in [0.1, 0.15) is 28.0 Å². The minimum absolute atomic E-state index is 0.0224. The molecule has 0 fully saturated rings. The van der Waals surface area contributed by atoms with Crippen LogP contribution in [0.4, 0.5) is 17.6 Å². The van der Waals surface area contributed by atoms with Gasteiger partial charge in [0.2, 0.25) is 0 Å². The van der Waals surface area contributed by atoms with Crippen molar-refractivity contribution in [3.63, 3.8) is 0 Å². The summed E-state index contributed by atoms with van der Waals surface area (Å²) in [7, 11) is -3.55. The van der Waals surface area contributed by atoms with Crippen LogP contribution < -0.4 is 0 Å². The maximum absolute atomic E-state index is 15.0. The number of aromatic nitrogens is 3. The van der Waals surface area contributed by atoms with Gasteiger partial charge in [0.05, 0.1) is 28.8 Å². The molecule has 0 radical (unpaired) electrons. The number of carbonyl (C=O) groups excluding carboxylic acids is 1. The number of methoxy groups -OCH3 is 1. The number of esters is 1. The Labute approximate surface area is 275 Å². The van der Waals surface area contributed by atoms with Gasteiger partial charge in [-0.05, 0) is 54.1 Å². The van der Waals surface area contributed by atoms with Crippen LogP contribution in [0.3, 0.4) is 0 Å². The number of hydrogen-bond donors (Lipinski definition) is 0. The quantitative estimate of drug-likeness (QED) is 0.123. The van der Waals surface area contributed by atoms with Gasteiger partial charge >= 0.3 is 5.97 Å². The van der Waals surface area contributed by atoms with Crippen molar-refractivity contribution in [1.82, 2.24) is 13.9 Å². The predicted molar refractivity (Wildman–Crippen MR) is 169 cm³/mol. The van der Waals surface area contributed by atoms with E-state index in [4.69, 9.17) is 11.6 Å². The molecule has 0 atom stereocenters. The Morgan fingerprint density at radius 1 is 0.958 bits per heavy atom. The molecule has 8 nitrogen and oxygen atoms in total. The largest absolute Gasteiger partial charge is 0.465 e. The summed E-state index contributed by atoms with van der Waals surface area (Å²) < 4.78 is 91.0. The van der Waals surface area contributed by atoms with Crippen LogP contribution in [-0.4, -0.2) is 35.4 Å². The molecule has 0 bridgehead atoms. The summed E-state index contributed by atoms with van der Waals surface area (Å²) >= 11 is 6.48. The van der Waals surface area contributed by atoms with E-state index in [0.29, 0.717) is 5.56 Å². The molecule has 4 aromatic carbocycles. The summed E-state index contributed by atoms with van der Waals surface area (Å²) in [6, 6.07) is 17.5. The smallest absolute Gasteiger partial charge is 0.340 e. The van der Waals surface area contributed by atoms with E-state index >= 15 is 4.39 Å². The zero-order valence-electron chi connectivity index (χ0n) is 24.5. The number of alkyl halides is 2. The van der Waals surface area contributed by atoms with Crippen LogP contribution in [0.2, 0.25) is 5.02 Å². The van der Waals surface area contributed by atoms with E-state index in [0.717, 1.165) is 59.6 Å². The molecule has 2 heterocycles. The molecule has 0 unspecified atom stereocenters. The first-order valence-corrected chi connectivity index (χ1v) is 15.6. The molecule has 6 rings (SSSR count). The summed E-state index contributed by atoms with van der Waals surface area (Å²) in [6.45, 7) is 0. The summed E-state index contributed by atoms with van der Waals surface area (Å²) in [5, 5.41) is 9.94. The molecule has 0 aliphatic rings. The molecular formula is C34H19ClF4N4O4S. The van der Waals surface area contributed by atoms with Gasteiger partial charge in [-0.15, -0.1) is 0 Å². The molecule has 0 spiro atoms. The van der Waals surface area contributed by atoms with E-state index < -0.39 is 45.2 Å². The van der Waals surface area contributed by atoms with Crippen molar-refractivity contribution in [2.24, 2.45) is 0 Å². The molecule has 2 aromatic heterocycles. The molecule has 0 N–H and O–H groups in total. The molecular weight excluding hydrogens is 672 g/mol. The Bertz CT molecular complexity index is 2410. The fourth-order valence-electron chi connectivity index (χ4n) is 5.35. The highest BCUT2D eigenvalue weighted by molar-refractivity contribution is 7.90. The van der Waals surface area contributed by atoms with E-state index in [9.17, 15) is 31.6 Å².